The number of imidazole rings is 2. The van der Waals surface area contributed by atoms with Gasteiger partial charge in [0.25, 0.3) is 0 Å². The lowest BCUT2D eigenvalue weighted by atomic mass is 10.3. The number of aromatic nitrogens is 4. The van der Waals surface area contributed by atoms with Gasteiger partial charge in [-0.05, 0) is 38.4 Å². The first-order valence-electron chi connectivity index (χ1n) is 20.7. The van der Waals surface area contributed by atoms with Gasteiger partial charge in [0.05, 0.1) is 35.3 Å². The summed E-state index contributed by atoms with van der Waals surface area (Å²) in [5.41, 5.74) is 4.38. The fraction of sp³-hybridized carbons (Fsp3) is 0.348. The normalized spacial score (nSPS) is 13.8. The number of carboxylic acid groups (broad SMARTS) is 6. The first-order valence-corrected chi connectivity index (χ1v) is 20.7. The number of carboxylic acids is 6. The minimum atomic E-state index is -1.26. The second-order valence-corrected chi connectivity index (χ2v) is 14.2. The van der Waals surface area contributed by atoms with Crippen LogP contribution in [0.2, 0.25) is 0 Å². The molecule has 68 heavy (non-hydrogen) atoms. The van der Waals surface area contributed by atoms with Crippen LogP contribution >= 0.6 is 0 Å². The van der Waals surface area contributed by atoms with E-state index in [-0.39, 0.29) is 0 Å². The van der Waals surface area contributed by atoms with Crippen LogP contribution in [0.3, 0.4) is 0 Å². The van der Waals surface area contributed by atoms with Crippen LogP contribution in [0.25, 0.3) is 22.1 Å². The molecule has 0 unspecified atom stereocenters. The summed E-state index contributed by atoms with van der Waals surface area (Å²) in [6.07, 6.45) is 13.8. The number of fused-ring (bicyclic) bond motifs is 2. The van der Waals surface area contributed by atoms with E-state index in [1.807, 2.05) is 12.1 Å². The lowest BCUT2D eigenvalue weighted by Crippen LogP contribution is -2.45. The van der Waals surface area contributed by atoms with Gasteiger partial charge in [-0.1, -0.05) is 36.1 Å². The smallest absolute Gasteiger partial charge is 0.328 e. The van der Waals surface area contributed by atoms with Gasteiger partial charge >= 0.3 is 35.8 Å². The number of rotatable bonds is 16. The highest BCUT2D eigenvalue weighted by Crippen LogP contribution is 2.25. The van der Waals surface area contributed by atoms with Crippen molar-refractivity contribution in [3.8, 4) is 24.7 Å². The van der Waals surface area contributed by atoms with Crippen molar-refractivity contribution in [3.05, 3.63) is 85.0 Å². The molecule has 0 spiro atoms. The molecular weight excluding hydrogens is 889 g/mol. The Morgan fingerprint density at radius 2 is 0.794 bits per heavy atom. The number of ether oxygens (including phenoxy) is 2. The van der Waals surface area contributed by atoms with E-state index in [0.717, 1.165) is 99.4 Å². The molecule has 0 atom stereocenters. The molecule has 0 saturated carbocycles. The molecule has 4 aromatic rings. The molecule has 6 N–H and O–H groups in total. The van der Waals surface area contributed by atoms with Gasteiger partial charge in [0.2, 0.25) is 11.9 Å². The Kier molecular flexibility index (Phi) is 25.6. The van der Waals surface area contributed by atoms with Gasteiger partial charge in [0.15, 0.2) is 0 Å². The van der Waals surface area contributed by atoms with Gasteiger partial charge in [-0.3, -0.25) is 0 Å². The molecule has 2 aromatic carbocycles. The number of hydrogen-bond donors (Lipinski definition) is 6. The van der Waals surface area contributed by atoms with Crippen molar-refractivity contribution in [3.63, 3.8) is 0 Å². The quantitative estimate of drug-likeness (QED) is 0.0532. The molecule has 0 radical (unpaired) electrons. The Labute approximate surface area is 392 Å². The molecule has 22 nitrogen and oxygen atoms in total. The third kappa shape index (κ3) is 21.8. The maximum atomic E-state index is 9.55. The van der Waals surface area contributed by atoms with Crippen molar-refractivity contribution < 1.29 is 68.9 Å². The molecule has 4 heterocycles. The molecule has 364 valence electrons. The van der Waals surface area contributed by atoms with Gasteiger partial charge in [-0.15, -0.1) is 12.8 Å². The zero-order valence-corrected chi connectivity index (χ0v) is 37.7. The van der Waals surface area contributed by atoms with Crippen molar-refractivity contribution in [2.24, 2.45) is 0 Å². The molecule has 2 fully saturated rings. The zero-order valence-electron chi connectivity index (χ0n) is 37.7. The summed E-state index contributed by atoms with van der Waals surface area (Å²) in [6.45, 7) is 11.7. The van der Waals surface area contributed by atoms with E-state index >= 15 is 0 Å². The maximum absolute atomic E-state index is 9.55. The second-order valence-electron chi connectivity index (χ2n) is 14.2. The second kappa shape index (κ2) is 31.0. The van der Waals surface area contributed by atoms with Crippen molar-refractivity contribution in [1.82, 2.24) is 28.9 Å². The van der Waals surface area contributed by atoms with Gasteiger partial charge in [0, 0.05) is 102 Å². The average Bonchev–Trinajstić information content (AvgIpc) is 3.87. The minimum Gasteiger partial charge on any atom is -0.478 e. The number of hydrogen-bond acceptors (Lipinski definition) is 14. The van der Waals surface area contributed by atoms with Crippen LogP contribution in [-0.4, -0.2) is 188 Å². The predicted molar refractivity (Wildman–Crippen MR) is 251 cm³/mol. The number of terminal acetylenes is 2. The number of anilines is 2. The Balaban J connectivity index is 0.000000320. The van der Waals surface area contributed by atoms with Crippen molar-refractivity contribution >= 4 is 69.8 Å². The Bertz CT molecular complexity index is 2200. The Hall–Kier alpha value is -8.02. The monoisotopic (exact) mass is 944 g/mol. The molecule has 6 rings (SSSR count). The first-order chi connectivity index (χ1) is 32.5. The van der Waals surface area contributed by atoms with E-state index in [9.17, 15) is 28.8 Å². The van der Waals surface area contributed by atoms with Crippen LogP contribution in [0.4, 0.5) is 11.9 Å². The molecule has 2 aliphatic heterocycles. The summed E-state index contributed by atoms with van der Waals surface area (Å²) in [7, 11) is 4.32. The van der Waals surface area contributed by atoms with Crippen LogP contribution < -0.4 is 9.80 Å². The van der Waals surface area contributed by atoms with Crippen molar-refractivity contribution in [1.29, 1.82) is 0 Å². The SMILES string of the molecule is C#CCOCCn1c(N2CCN(C)CC2)nc2ccccc21.C#CCOCCn1c(N2CCN(C)CC2)nc2ccccc21.O=C(O)/C=C/C(=O)O.O=C(O)/C=C/C(=O)O.O=C(O)/C=C/C(=O)O. The summed E-state index contributed by atoms with van der Waals surface area (Å²) in [5, 5.41) is 46.9. The van der Waals surface area contributed by atoms with Crippen molar-refractivity contribution in [2.75, 3.05) is 103 Å². The van der Waals surface area contributed by atoms with E-state index in [1.54, 1.807) is 0 Å². The fourth-order valence-corrected chi connectivity index (χ4v) is 6.06. The Morgan fingerprint density at radius 3 is 1.06 bits per heavy atom. The van der Waals surface area contributed by atoms with Crippen LogP contribution in [0.15, 0.2) is 85.0 Å². The lowest BCUT2D eigenvalue weighted by Gasteiger charge is -2.33. The van der Waals surface area contributed by atoms with Gasteiger partial charge in [-0.25, -0.2) is 38.7 Å². The van der Waals surface area contributed by atoms with Crippen LogP contribution in [-0.2, 0) is 51.3 Å². The maximum Gasteiger partial charge on any atom is 0.328 e. The largest absolute Gasteiger partial charge is 0.478 e. The van der Waals surface area contributed by atoms with E-state index in [1.165, 1.54) is 0 Å². The highest BCUT2D eigenvalue weighted by atomic mass is 16.5. The topological polar surface area (TPSA) is 291 Å². The van der Waals surface area contributed by atoms with Crippen LogP contribution in [0.5, 0.6) is 0 Å². The number of aliphatic carboxylic acids is 6. The molecule has 2 saturated heterocycles. The number of piperazine rings is 2. The molecule has 2 aliphatic rings. The average molecular weight is 945 g/mol. The van der Waals surface area contributed by atoms with Gasteiger partial charge in [0.1, 0.15) is 13.2 Å². The van der Waals surface area contributed by atoms with E-state index in [2.05, 4.69) is 91.1 Å². The zero-order chi connectivity index (χ0) is 50.4. The van der Waals surface area contributed by atoms with Gasteiger partial charge < -0.3 is 68.8 Å². The highest BCUT2D eigenvalue weighted by molar-refractivity contribution is 5.90. The summed E-state index contributed by atoms with van der Waals surface area (Å²) in [5.74, 6) is -0.452. The van der Waals surface area contributed by atoms with Gasteiger partial charge in [-0.2, -0.15) is 0 Å². The van der Waals surface area contributed by atoms with Crippen molar-refractivity contribution in [2.45, 2.75) is 13.1 Å². The summed E-state index contributed by atoms with van der Waals surface area (Å²) >= 11 is 0. The number of nitrogens with zero attached hydrogens (tertiary/aromatic N) is 8. The fourth-order valence-electron chi connectivity index (χ4n) is 6.06. The van der Waals surface area contributed by atoms with Crippen LogP contribution in [0.1, 0.15) is 0 Å². The third-order valence-corrected chi connectivity index (χ3v) is 9.24. The molecular formula is C46H56N8O14. The molecule has 0 bridgehead atoms. The van der Waals surface area contributed by atoms with Crippen LogP contribution in [0, 0.1) is 24.7 Å². The number of likely N-dealkylation sites (N-methyl/N-ethyl adjacent to an activating group) is 2. The molecule has 0 aliphatic carbocycles. The standard InChI is InChI=1S/2C17H22N4O.3C4H4O4/c2*1-3-13-22-14-12-21-16-7-5-4-6-15(16)18-17(21)20-10-8-19(2)9-11-20;3*5-3(6)1-2-4(7)8/h2*1,4-7H,8-14H2,2H3;3*1-2H,(H,5,6)(H,7,8)/b;;3*2-1+. The van der Waals surface area contributed by atoms with E-state index < -0.39 is 35.8 Å². The summed E-state index contributed by atoms with van der Waals surface area (Å²) in [6, 6.07) is 16.5. The molecule has 2 aromatic heterocycles. The third-order valence-electron chi connectivity index (χ3n) is 9.24. The first kappa shape index (κ1) is 56.1. The summed E-state index contributed by atoms with van der Waals surface area (Å²) < 4.78 is 15.4. The summed E-state index contributed by atoms with van der Waals surface area (Å²) in [4.78, 5) is 76.4. The molecule has 0 amide bonds. The predicted octanol–water partition coefficient (Wildman–Crippen LogP) is 2.01. The number of carbonyl (C=O) groups is 6. The minimum absolute atomic E-state index is 0.358. The van der Waals surface area contributed by atoms with E-state index in [4.69, 9.17) is 62.9 Å². The lowest BCUT2D eigenvalue weighted by molar-refractivity contribution is -0.134. The molecule has 22 heteroatoms. The highest BCUT2D eigenvalue weighted by Gasteiger charge is 2.22. The number of para-hydroxylation sites is 4. The Morgan fingerprint density at radius 1 is 0.515 bits per heavy atom. The van der Waals surface area contributed by atoms with E-state index in [0.29, 0.717) is 62.9 Å². The number of benzene rings is 2.